The summed E-state index contributed by atoms with van der Waals surface area (Å²) in [6.07, 6.45) is 3.04. The molecule has 0 bridgehead atoms. The number of phenolic OH excluding ortho intramolecular Hbond substituents is 1. The van der Waals surface area contributed by atoms with Gasteiger partial charge in [0.1, 0.15) is 18.4 Å². The summed E-state index contributed by atoms with van der Waals surface area (Å²) < 4.78 is 1.53. The van der Waals surface area contributed by atoms with Crippen molar-refractivity contribution in [3.8, 4) is 5.75 Å². The lowest BCUT2D eigenvalue weighted by molar-refractivity contribution is 0.475. The molecule has 2 aromatic rings. The largest absolute Gasteiger partial charge is 0.508 e. The first-order chi connectivity index (χ1) is 7.25. The molecular weight excluding hydrogens is 192 g/mol. The zero-order valence-electron chi connectivity index (χ0n) is 8.20. The predicted molar refractivity (Wildman–Crippen MR) is 55.7 cm³/mol. The van der Waals surface area contributed by atoms with Crippen LogP contribution in [-0.4, -0.2) is 25.7 Å². The Morgan fingerprint density at radius 2 is 1.80 bits per heavy atom. The Labute approximate surface area is 86.7 Å². The standard InChI is InChI=1S/C10H10N4O/c1-8(13-14-6-11-12-7-14)9-2-4-10(15)5-3-9/h2-7,15H,1H3/b13-8+. The van der Waals surface area contributed by atoms with Gasteiger partial charge >= 0.3 is 0 Å². The van der Waals surface area contributed by atoms with Crippen molar-refractivity contribution in [2.45, 2.75) is 6.92 Å². The fraction of sp³-hybridized carbons (Fsp3) is 0.100. The van der Waals surface area contributed by atoms with Gasteiger partial charge in [-0.1, -0.05) is 0 Å². The van der Waals surface area contributed by atoms with Crippen LogP contribution in [0.5, 0.6) is 5.75 Å². The number of nitrogens with zero attached hydrogens (tertiary/aromatic N) is 4. The highest BCUT2D eigenvalue weighted by Crippen LogP contribution is 2.10. The molecule has 0 radical (unpaired) electrons. The molecule has 5 heteroatoms. The van der Waals surface area contributed by atoms with Crippen molar-refractivity contribution in [3.63, 3.8) is 0 Å². The SMILES string of the molecule is C/C(=N\n1cnnc1)c1ccc(O)cc1. The van der Waals surface area contributed by atoms with E-state index in [1.807, 2.05) is 6.92 Å². The van der Waals surface area contributed by atoms with Gasteiger partial charge < -0.3 is 5.11 Å². The highest BCUT2D eigenvalue weighted by atomic mass is 16.3. The van der Waals surface area contributed by atoms with Crippen molar-refractivity contribution in [1.29, 1.82) is 0 Å². The number of hydrogen-bond donors (Lipinski definition) is 1. The van der Waals surface area contributed by atoms with E-state index in [-0.39, 0.29) is 5.75 Å². The molecule has 0 spiro atoms. The Morgan fingerprint density at radius 1 is 1.20 bits per heavy atom. The van der Waals surface area contributed by atoms with E-state index in [0.717, 1.165) is 11.3 Å². The van der Waals surface area contributed by atoms with Crippen molar-refractivity contribution < 1.29 is 5.11 Å². The quantitative estimate of drug-likeness (QED) is 0.745. The summed E-state index contributed by atoms with van der Waals surface area (Å²) in [5.41, 5.74) is 1.77. The predicted octanol–water partition coefficient (Wildman–Crippen LogP) is 1.26. The molecule has 1 aromatic carbocycles. The van der Waals surface area contributed by atoms with Gasteiger partial charge in [0.15, 0.2) is 0 Å². The highest BCUT2D eigenvalue weighted by Gasteiger charge is 1.97. The average molecular weight is 202 g/mol. The topological polar surface area (TPSA) is 63.3 Å². The van der Waals surface area contributed by atoms with Crippen molar-refractivity contribution in [3.05, 3.63) is 42.5 Å². The van der Waals surface area contributed by atoms with Crippen LogP contribution in [0, 0.1) is 0 Å². The number of benzene rings is 1. The first-order valence-electron chi connectivity index (χ1n) is 4.45. The molecule has 0 aliphatic carbocycles. The van der Waals surface area contributed by atoms with E-state index in [9.17, 15) is 0 Å². The third-order valence-corrected chi connectivity index (χ3v) is 1.96. The van der Waals surface area contributed by atoms with E-state index >= 15 is 0 Å². The van der Waals surface area contributed by atoms with Crippen molar-refractivity contribution >= 4 is 5.71 Å². The third kappa shape index (κ3) is 2.19. The lowest BCUT2D eigenvalue weighted by Gasteiger charge is -2.00. The van der Waals surface area contributed by atoms with Crippen LogP contribution in [0.2, 0.25) is 0 Å². The van der Waals surface area contributed by atoms with Crippen LogP contribution >= 0.6 is 0 Å². The zero-order valence-corrected chi connectivity index (χ0v) is 8.20. The Kier molecular flexibility index (Phi) is 2.45. The molecule has 76 valence electrons. The summed E-state index contributed by atoms with van der Waals surface area (Å²) in [6.45, 7) is 1.88. The number of aromatic hydroxyl groups is 1. The van der Waals surface area contributed by atoms with Gasteiger partial charge in [-0.15, -0.1) is 10.2 Å². The minimum atomic E-state index is 0.246. The molecule has 0 aliphatic rings. The van der Waals surface area contributed by atoms with Crippen LogP contribution in [0.15, 0.2) is 42.0 Å². The number of phenols is 1. The molecule has 0 unspecified atom stereocenters. The van der Waals surface area contributed by atoms with Gasteiger partial charge in [0.25, 0.3) is 0 Å². The Bertz CT molecular complexity index is 459. The van der Waals surface area contributed by atoms with Crippen molar-refractivity contribution in [1.82, 2.24) is 14.9 Å². The summed E-state index contributed by atoms with van der Waals surface area (Å²) in [5.74, 6) is 0.246. The van der Waals surface area contributed by atoms with Crippen molar-refractivity contribution in [2.24, 2.45) is 5.10 Å². The molecular formula is C10H10N4O. The summed E-state index contributed by atoms with van der Waals surface area (Å²) in [5, 5.41) is 20.7. The Balaban J connectivity index is 2.28. The molecule has 0 aliphatic heterocycles. The minimum Gasteiger partial charge on any atom is -0.508 e. The lowest BCUT2D eigenvalue weighted by atomic mass is 10.1. The molecule has 2 rings (SSSR count). The van der Waals surface area contributed by atoms with Crippen molar-refractivity contribution in [2.75, 3.05) is 0 Å². The van der Waals surface area contributed by atoms with Crippen LogP contribution < -0.4 is 0 Å². The molecule has 1 aromatic heterocycles. The lowest BCUT2D eigenvalue weighted by Crippen LogP contribution is -1.97. The molecule has 1 N–H and O–H groups in total. The van der Waals surface area contributed by atoms with Gasteiger partial charge in [-0.3, -0.25) is 0 Å². The fourth-order valence-electron chi connectivity index (χ4n) is 1.18. The Morgan fingerprint density at radius 3 is 2.40 bits per heavy atom. The average Bonchev–Trinajstić information content (AvgIpc) is 2.71. The maximum Gasteiger partial charge on any atom is 0.141 e. The van der Waals surface area contributed by atoms with E-state index in [1.54, 1.807) is 24.3 Å². The molecule has 5 nitrogen and oxygen atoms in total. The van der Waals surface area contributed by atoms with Gasteiger partial charge in [-0.2, -0.15) is 5.10 Å². The second-order valence-corrected chi connectivity index (χ2v) is 3.07. The normalized spacial score (nSPS) is 11.7. The number of rotatable bonds is 2. The van der Waals surface area contributed by atoms with Gasteiger partial charge in [-0.25, -0.2) is 4.68 Å². The third-order valence-electron chi connectivity index (χ3n) is 1.96. The van der Waals surface area contributed by atoms with E-state index in [4.69, 9.17) is 5.11 Å². The Hall–Kier alpha value is -2.17. The van der Waals surface area contributed by atoms with Crippen LogP contribution in [0.1, 0.15) is 12.5 Å². The molecule has 0 atom stereocenters. The summed E-state index contributed by atoms with van der Waals surface area (Å²) >= 11 is 0. The smallest absolute Gasteiger partial charge is 0.141 e. The van der Waals surface area contributed by atoms with Crippen LogP contribution in [0.3, 0.4) is 0 Å². The van der Waals surface area contributed by atoms with E-state index in [0.29, 0.717) is 0 Å². The molecule has 0 saturated carbocycles. The minimum absolute atomic E-state index is 0.246. The van der Waals surface area contributed by atoms with E-state index in [1.165, 1.54) is 17.3 Å². The zero-order chi connectivity index (χ0) is 10.7. The summed E-state index contributed by atoms with van der Waals surface area (Å²) in [6, 6.07) is 6.86. The summed E-state index contributed by atoms with van der Waals surface area (Å²) in [7, 11) is 0. The second kappa shape index (κ2) is 3.91. The first-order valence-corrected chi connectivity index (χ1v) is 4.45. The molecule has 15 heavy (non-hydrogen) atoms. The first kappa shape index (κ1) is 9.39. The van der Waals surface area contributed by atoms with Gasteiger partial charge in [-0.05, 0) is 36.8 Å². The summed E-state index contributed by atoms with van der Waals surface area (Å²) in [4.78, 5) is 0. The fourth-order valence-corrected chi connectivity index (χ4v) is 1.18. The molecule has 0 saturated heterocycles. The van der Waals surface area contributed by atoms with Crippen LogP contribution in [0.4, 0.5) is 0 Å². The monoisotopic (exact) mass is 202 g/mol. The second-order valence-electron chi connectivity index (χ2n) is 3.07. The number of hydrogen-bond acceptors (Lipinski definition) is 4. The number of aromatic nitrogens is 3. The molecule has 1 heterocycles. The molecule has 0 amide bonds. The van der Waals surface area contributed by atoms with Gasteiger partial charge in [0, 0.05) is 0 Å². The van der Waals surface area contributed by atoms with Crippen LogP contribution in [-0.2, 0) is 0 Å². The van der Waals surface area contributed by atoms with E-state index in [2.05, 4.69) is 15.3 Å². The maximum absolute atomic E-state index is 9.13. The highest BCUT2D eigenvalue weighted by molar-refractivity contribution is 5.98. The van der Waals surface area contributed by atoms with Gasteiger partial charge in [0.2, 0.25) is 0 Å². The maximum atomic E-state index is 9.13. The van der Waals surface area contributed by atoms with Gasteiger partial charge in [0.05, 0.1) is 5.71 Å². The van der Waals surface area contributed by atoms with E-state index < -0.39 is 0 Å². The van der Waals surface area contributed by atoms with Crippen LogP contribution in [0.25, 0.3) is 0 Å². The molecule has 0 fully saturated rings.